The second kappa shape index (κ2) is 12.3. The summed E-state index contributed by atoms with van der Waals surface area (Å²) in [5.74, 6) is -2.67. The van der Waals surface area contributed by atoms with E-state index in [1.807, 2.05) is 32.0 Å². The fourth-order valence-electron chi connectivity index (χ4n) is 7.40. The maximum absolute atomic E-state index is 14.7. The first-order valence-electron chi connectivity index (χ1n) is 15.0. The lowest BCUT2D eigenvalue weighted by Gasteiger charge is -2.48. The number of ketones is 1. The molecule has 0 aliphatic heterocycles. The van der Waals surface area contributed by atoms with Crippen LogP contribution in [0.25, 0.3) is 0 Å². The number of rotatable bonds is 6. The standard InChI is InChI=1S/C36H34Cl2O5S2/c1-22-6-14-28(15-7-22)44(40,41)35-21-32-33(19-30(35)24-10-12-26(37)13-11-24)36(45(42,43)29-16-8-23(2)9-17-29)31(20-34(32)39)25-4-3-5-27(38)18-25/h3-18,30-33,35-36H,19-21H2,1-2H3/t30-,31-,32+,33-,35?,36?/m0/s1. The van der Waals surface area contributed by atoms with Crippen molar-refractivity contribution in [2.75, 3.05) is 0 Å². The minimum Gasteiger partial charge on any atom is -0.299 e. The van der Waals surface area contributed by atoms with Gasteiger partial charge in [0.1, 0.15) is 5.78 Å². The van der Waals surface area contributed by atoms with Crippen LogP contribution >= 0.6 is 23.2 Å². The Morgan fingerprint density at radius 3 is 1.76 bits per heavy atom. The van der Waals surface area contributed by atoms with Gasteiger partial charge in [0.2, 0.25) is 0 Å². The average Bonchev–Trinajstić information content (AvgIpc) is 3.01. The number of halogens is 2. The molecule has 5 nitrogen and oxygen atoms in total. The third-order valence-corrected chi connectivity index (χ3v) is 14.7. The molecule has 4 aromatic rings. The van der Waals surface area contributed by atoms with Crippen LogP contribution in [0, 0.1) is 25.7 Å². The van der Waals surface area contributed by atoms with E-state index in [1.54, 1.807) is 78.9 Å². The van der Waals surface area contributed by atoms with E-state index in [0.717, 1.165) is 16.7 Å². The first-order chi connectivity index (χ1) is 21.4. The highest BCUT2D eigenvalue weighted by Gasteiger charge is 2.56. The van der Waals surface area contributed by atoms with E-state index in [2.05, 4.69) is 0 Å². The molecule has 6 atom stereocenters. The summed E-state index contributed by atoms with van der Waals surface area (Å²) in [6, 6.07) is 27.7. The number of hydrogen-bond acceptors (Lipinski definition) is 5. The minimum atomic E-state index is -3.97. The highest BCUT2D eigenvalue weighted by molar-refractivity contribution is 7.92. The normalized spacial score (nSPS) is 25.5. The van der Waals surface area contributed by atoms with Crippen molar-refractivity contribution in [2.45, 2.75) is 65.2 Å². The van der Waals surface area contributed by atoms with Crippen LogP contribution in [0.3, 0.4) is 0 Å². The minimum absolute atomic E-state index is 0.0137. The van der Waals surface area contributed by atoms with E-state index >= 15 is 0 Å². The molecule has 4 aromatic carbocycles. The molecule has 2 saturated carbocycles. The second-order valence-electron chi connectivity index (χ2n) is 12.5. The quantitative estimate of drug-likeness (QED) is 0.205. The maximum atomic E-state index is 14.7. The van der Waals surface area contributed by atoms with Crippen molar-refractivity contribution in [3.8, 4) is 0 Å². The van der Waals surface area contributed by atoms with Gasteiger partial charge >= 0.3 is 0 Å². The molecule has 6 rings (SSSR count). The Morgan fingerprint density at radius 1 is 0.600 bits per heavy atom. The summed E-state index contributed by atoms with van der Waals surface area (Å²) in [6.07, 6.45) is 0.232. The van der Waals surface area contributed by atoms with E-state index < -0.39 is 53.8 Å². The van der Waals surface area contributed by atoms with Crippen LogP contribution < -0.4 is 0 Å². The summed E-state index contributed by atoms with van der Waals surface area (Å²) in [7, 11) is -7.86. The molecule has 45 heavy (non-hydrogen) atoms. The number of Topliss-reactive ketones (excluding diaryl/α,β-unsaturated/α-hetero) is 1. The average molecular weight is 682 g/mol. The molecular formula is C36H34Cl2O5S2. The highest BCUT2D eigenvalue weighted by atomic mass is 35.5. The molecule has 0 spiro atoms. The smallest absolute Gasteiger partial charge is 0.182 e. The maximum Gasteiger partial charge on any atom is 0.182 e. The van der Waals surface area contributed by atoms with Gasteiger partial charge < -0.3 is 0 Å². The molecule has 2 unspecified atom stereocenters. The molecule has 0 bridgehead atoms. The Hall–Kier alpha value is -2.97. The van der Waals surface area contributed by atoms with Gasteiger partial charge in [0.05, 0.1) is 20.3 Å². The Kier molecular flexibility index (Phi) is 8.76. The van der Waals surface area contributed by atoms with E-state index in [1.165, 1.54) is 0 Å². The Morgan fingerprint density at radius 2 is 1.18 bits per heavy atom. The van der Waals surface area contributed by atoms with Gasteiger partial charge in [0.15, 0.2) is 19.7 Å². The number of aryl methyl sites for hydroxylation is 2. The van der Waals surface area contributed by atoms with Crippen molar-refractivity contribution in [1.82, 2.24) is 0 Å². The van der Waals surface area contributed by atoms with Crippen molar-refractivity contribution >= 4 is 48.7 Å². The predicted octanol–water partition coefficient (Wildman–Crippen LogP) is 8.16. The number of carbonyl (C=O) groups excluding carboxylic acids is 1. The van der Waals surface area contributed by atoms with Crippen molar-refractivity contribution < 1.29 is 21.6 Å². The number of benzene rings is 4. The molecule has 0 amide bonds. The van der Waals surface area contributed by atoms with Crippen LogP contribution in [0.4, 0.5) is 0 Å². The molecule has 0 N–H and O–H groups in total. The Labute approximate surface area is 275 Å². The van der Waals surface area contributed by atoms with Crippen LogP contribution in [0.15, 0.2) is 107 Å². The second-order valence-corrected chi connectivity index (χ2v) is 17.6. The van der Waals surface area contributed by atoms with Gasteiger partial charge in [-0.3, -0.25) is 4.79 Å². The fourth-order valence-corrected chi connectivity index (χ4v) is 12.0. The largest absolute Gasteiger partial charge is 0.299 e. The lowest BCUT2D eigenvalue weighted by Crippen LogP contribution is -2.53. The molecule has 234 valence electrons. The monoisotopic (exact) mass is 680 g/mol. The van der Waals surface area contributed by atoms with Gasteiger partial charge in [0.25, 0.3) is 0 Å². The molecule has 9 heteroatoms. The zero-order valence-electron chi connectivity index (χ0n) is 24.9. The number of carbonyl (C=O) groups is 1. The van der Waals surface area contributed by atoms with E-state index in [9.17, 15) is 21.6 Å². The van der Waals surface area contributed by atoms with Crippen LogP contribution in [-0.2, 0) is 24.5 Å². The summed E-state index contributed by atoms with van der Waals surface area (Å²) in [5.41, 5.74) is 3.31. The molecule has 0 radical (unpaired) electrons. The lowest BCUT2D eigenvalue weighted by atomic mass is 9.62. The molecule has 0 aromatic heterocycles. The third kappa shape index (κ3) is 6.12. The Bertz CT molecular complexity index is 1940. The molecule has 2 aliphatic carbocycles. The van der Waals surface area contributed by atoms with Gasteiger partial charge in [-0.25, -0.2) is 16.8 Å². The molecule has 2 fully saturated rings. The molecule has 0 saturated heterocycles. The van der Waals surface area contributed by atoms with Crippen molar-refractivity contribution in [2.24, 2.45) is 11.8 Å². The third-order valence-electron chi connectivity index (χ3n) is 9.66. The molecule has 2 aliphatic rings. The van der Waals surface area contributed by atoms with Crippen LogP contribution in [0.1, 0.15) is 53.4 Å². The van der Waals surface area contributed by atoms with Crippen molar-refractivity contribution in [3.63, 3.8) is 0 Å². The van der Waals surface area contributed by atoms with E-state index in [-0.39, 0.29) is 34.8 Å². The number of hydrogen-bond donors (Lipinski definition) is 0. The van der Waals surface area contributed by atoms with Crippen LogP contribution in [0.5, 0.6) is 0 Å². The summed E-state index contributed by atoms with van der Waals surface area (Å²) in [6.45, 7) is 3.79. The summed E-state index contributed by atoms with van der Waals surface area (Å²) in [4.78, 5) is 14.4. The SMILES string of the molecule is Cc1ccc(S(=O)(=O)C2C[C@H]3C(=O)C[C@@H](c4cccc(Cl)c4)C(S(=O)(=O)c4ccc(C)cc4)[C@H]3C[C@H]2c2ccc(Cl)cc2)cc1. The fraction of sp³-hybridized carbons (Fsp3) is 0.306. The summed E-state index contributed by atoms with van der Waals surface area (Å²) in [5, 5.41) is -0.907. The first-order valence-corrected chi connectivity index (χ1v) is 18.9. The highest BCUT2D eigenvalue weighted by Crippen LogP contribution is 2.54. The Balaban J connectivity index is 1.51. The lowest BCUT2D eigenvalue weighted by molar-refractivity contribution is -0.128. The van der Waals surface area contributed by atoms with Gasteiger partial charge in [0, 0.05) is 34.2 Å². The zero-order valence-corrected chi connectivity index (χ0v) is 28.1. The molecular weight excluding hydrogens is 647 g/mol. The first kappa shape index (κ1) is 32.0. The summed E-state index contributed by atoms with van der Waals surface area (Å²) >= 11 is 12.6. The van der Waals surface area contributed by atoms with Crippen molar-refractivity contribution in [3.05, 3.63) is 129 Å². The van der Waals surface area contributed by atoms with Crippen molar-refractivity contribution in [1.29, 1.82) is 0 Å². The van der Waals surface area contributed by atoms with Gasteiger partial charge in [-0.15, -0.1) is 0 Å². The molecule has 0 heterocycles. The van der Waals surface area contributed by atoms with Crippen LogP contribution in [0.2, 0.25) is 10.0 Å². The topological polar surface area (TPSA) is 85.3 Å². The van der Waals surface area contributed by atoms with Gasteiger partial charge in [-0.1, -0.05) is 82.9 Å². The van der Waals surface area contributed by atoms with E-state index in [0.29, 0.717) is 15.6 Å². The number of fused-ring (bicyclic) bond motifs is 1. The number of sulfone groups is 2. The van der Waals surface area contributed by atoms with Gasteiger partial charge in [-0.05, 0) is 92.3 Å². The van der Waals surface area contributed by atoms with Crippen LogP contribution in [-0.4, -0.2) is 33.1 Å². The van der Waals surface area contributed by atoms with Gasteiger partial charge in [-0.2, -0.15) is 0 Å². The summed E-state index contributed by atoms with van der Waals surface area (Å²) < 4.78 is 58.0. The van der Waals surface area contributed by atoms with E-state index in [4.69, 9.17) is 23.2 Å². The zero-order chi connectivity index (χ0) is 32.1. The predicted molar refractivity (Wildman–Crippen MR) is 179 cm³/mol.